The Bertz CT molecular complexity index is 421. The standard InChI is InChI=1S/C13H23N3O3/c1-12(2,3)10(17-5)11-15-9(19-16-11)6-18-13(4)7-14-8-13/h10,14H,6-8H2,1-5H3. The largest absolute Gasteiger partial charge is 0.373 e. The SMILES string of the molecule is COC(c1noc(COC2(C)CNC2)n1)C(C)(C)C. The number of nitrogens with one attached hydrogen (secondary N) is 1. The molecular formula is C13H23N3O3. The van der Waals surface area contributed by atoms with Gasteiger partial charge in [0.2, 0.25) is 5.82 Å². The van der Waals surface area contributed by atoms with E-state index < -0.39 is 0 Å². The molecule has 1 saturated heterocycles. The van der Waals surface area contributed by atoms with Crippen molar-refractivity contribution >= 4 is 0 Å². The maximum Gasteiger partial charge on any atom is 0.252 e. The molecule has 1 N–H and O–H groups in total. The lowest BCUT2D eigenvalue weighted by molar-refractivity contribution is -0.0841. The molecule has 0 radical (unpaired) electrons. The lowest BCUT2D eigenvalue weighted by Gasteiger charge is -2.38. The van der Waals surface area contributed by atoms with E-state index in [-0.39, 0.29) is 17.1 Å². The van der Waals surface area contributed by atoms with Crippen LogP contribution < -0.4 is 5.32 Å². The Morgan fingerprint density at radius 2 is 2.11 bits per heavy atom. The highest BCUT2D eigenvalue weighted by atomic mass is 16.5. The van der Waals surface area contributed by atoms with E-state index in [2.05, 4.69) is 43.2 Å². The van der Waals surface area contributed by atoms with Gasteiger partial charge >= 0.3 is 0 Å². The molecule has 6 heteroatoms. The van der Waals surface area contributed by atoms with Gasteiger partial charge in [-0.15, -0.1) is 0 Å². The van der Waals surface area contributed by atoms with Gasteiger partial charge in [-0.05, 0) is 12.3 Å². The third-order valence-corrected chi connectivity index (χ3v) is 3.28. The van der Waals surface area contributed by atoms with Gasteiger partial charge < -0.3 is 19.3 Å². The number of methoxy groups -OCH3 is 1. The number of hydrogen-bond acceptors (Lipinski definition) is 6. The van der Waals surface area contributed by atoms with Gasteiger partial charge in [0.05, 0.1) is 5.60 Å². The molecule has 1 atom stereocenters. The summed E-state index contributed by atoms with van der Waals surface area (Å²) in [5.41, 5.74) is -0.195. The molecule has 0 aliphatic carbocycles. The molecule has 0 saturated carbocycles. The predicted molar refractivity (Wildman–Crippen MR) is 69.6 cm³/mol. The fourth-order valence-corrected chi connectivity index (χ4v) is 2.09. The second kappa shape index (κ2) is 5.19. The van der Waals surface area contributed by atoms with Crippen LogP contribution in [0.2, 0.25) is 0 Å². The van der Waals surface area contributed by atoms with Crippen molar-refractivity contribution in [2.45, 2.75) is 46.0 Å². The maximum atomic E-state index is 5.76. The van der Waals surface area contributed by atoms with Crippen molar-refractivity contribution in [2.24, 2.45) is 5.41 Å². The van der Waals surface area contributed by atoms with Gasteiger partial charge in [-0.1, -0.05) is 25.9 Å². The Kier molecular flexibility index (Phi) is 3.94. The minimum absolute atomic E-state index is 0.0827. The van der Waals surface area contributed by atoms with Gasteiger partial charge in [-0.3, -0.25) is 0 Å². The highest BCUT2D eigenvalue weighted by molar-refractivity contribution is 4.96. The monoisotopic (exact) mass is 269 g/mol. The van der Waals surface area contributed by atoms with E-state index in [1.54, 1.807) is 7.11 Å². The van der Waals surface area contributed by atoms with E-state index in [1.807, 2.05) is 0 Å². The Morgan fingerprint density at radius 3 is 2.58 bits per heavy atom. The van der Waals surface area contributed by atoms with Crippen LogP contribution in [0.15, 0.2) is 4.52 Å². The predicted octanol–water partition coefficient (Wildman–Crippen LogP) is 1.68. The van der Waals surface area contributed by atoms with Crippen LogP contribution in [0.25, 0.3) is 0 Å². The molecule has 1 fully saturated rings. The molecular weight excluding hydrogens is 246 g/mol. The van der Waals surface area contributed by atoms with Crippen LogP contribution in [0, 0.1) is 5.41 Å². The van der Waals surface area contributed by atoms with Crippen molar-refractivity contribution in [1.29, 1.82) is 0 Å². The molecule has 0 bridgehead atoms. The summed E-state index contributed by atoms with van der Waals surface area (Å²) in [5.74, 6) is 1.07. The Balaban J connectivity index is 1.98. The lowest BCUT2D eigenvalue weighted by Crippen LogP contribution is -2.58. The second-order valence-electron chi connectivity index (χ2n) is 6.37. The summed E-state index contributed by atoms with van der Waals surface area (Å²) in [6.07, 6.45) is -0.189. The van der Waals surface area contributed by atoms with E-state index in [0.717, 1.165) is 13.1 Å². The normalized spacial score (nSPS) is 20.1. The van der Waals surface area contributed by atoms with Crippen LogP contribution in [0.1, 0.15) is 45.5 Å². The molecule has 1 aliphatic rings. The minimum Gasteiger partial charge on any atom is -0.373 e. The molecule has 1 aromatic rings. The number of ether oxygens (including phenoxy) is 2. The smallest absolute Gasteiger partial charge is 0.252 e. The summed E-state index contributed by atoms with van der Waals surface area (Å²) >= 11 is 0. The number of rotatable bonds is 5. The van der Waals surface area contributed by atoms with Gasteiger partial charge in [-0.25, -0.2) is 0 Å². The highest BCUT2D eigenvalue weighted by Gasteiger charge is 2.34. The van der Waals surface area contributed by atoms with E-state index >= 15 is 0 Å². The Hall–Kier alpha value is -0.980. The highest BCUT2D eigenvalue weighted by Crippen LogP contribution is 2.33. The van der Waals surface area contributed by atoms with Gasteiger partial charge in [0.25, 0.3) is 5.89 Å². The zero-order chi connectivity index (χ0) is 14.1. The molecule has 2 rings (SSSR count). The van der Waals surface area contributed by atoms with E-state index in [9.17, 15) is 0 Å². The summed E-state index contributed by atoms with van der Waals surface area (Å²) < 4.78 is 16.4. The van der Waals surface area contributed by atoms with Crippen molar-refractivity contribution in [3.63, 3.8) is 0 Å². The molecule has 6 nitrogen and oxygen atoms in total. The number of aromatic nitrogens is 2. The molecule has 19 heavy (non-hydrogen) atoms. The van der Waals surface area contributed by atoms with Crippen LogP contribution in [0.5, 0.6) is 0 Å². The van der Waals surface area contributed by atoms with Crippen molar-refractivity contribution in [3.8, 4) is 0 Å². The van der Waals surface area contributed by atoms with E-state index in [1.165, 1.54) is 0 Å². The van der Waals surface area contributed by atoms with Crippen molar-refractivity contribution in [1.82, 2.24) is 15.5 Å². The first-order valence-corrected chi connectivity index (χ1v) is 6.54. The zero-order valence-electron chi connectivity index (χ0n) is 12.3. The van der Waals surface area contributed by atoms with Crippen molar-refractivity contribution in [3.05, 3.63) is 11.7 Å². The molecule has 108 valence electrons. The van der Waals surface area contributed by atoms with E-state index in [0.29, 0.717) is 18.3 Å². The average Bonchev–Trinajstić information content (AvgIpc) is 2.71. The van der Waals surface area contributed by atoms with E-state index in [4.69, 9.17) is 14.0 Å². The van der Waals surface area contributed by atoms with Gasteiger partial charge in [0.15, 0.2) is 0 Å². The average molecular weight is 269 g/mol. The summed E-state index contributed by atoms with van der Waals surface area (Å²) in [6.45, 7) is 10.4. The minimum atomic E-state index is -0.189. The van der Waals surface area contributed by atoms with Crippen LogP contribution in [-0.4, -0.2) is 35.9 Å². The topological polar surface area (TPSA) is 69.4 Å². The summed E-state index contributed by atoms with van der Waals surface area (Å²) in [5, 5.41) is 7.17. The molecule has 1 unspecified atom stereocenters. The second-order valence-corrected chi connectivity index (χ2v) is 6.37. The molecule has 2 heterocycles. The quantitative estimate of drug-likeness (QED) is 0.877. The molecule has 0 spiro atoms. The summed E-state index contributed by atoms with van der Waals surface area (Å²) in [7, 11) is 1.66. The first kappa shape index (κ1) is 14.4. The Morgan fingerprint density at radius 1 is 1.42 bits per heavy atom. The molecule has 0 aromatic carbocycles. The van der Waals surface area contributed by atoms with Gasteiger partial charge in [-0.2, -0.15) is 4.98 Å². The first-order valence-electron chi connectivity index (χ1n) is 6.54. The third kappa shape index (κ3) is 3.32. The third-order valence-electron chi connectivity index (χ3n) is 3.28. The van der Waals surface area contributed by atoms with Crippen molar-refractivity contribution in [2.75, 3.05) is 20.2 Å². The fourth-order valence-electron chi connectivity index (χ4n) is 2.09. The van der Waals surface area contributed by atoms with Crippen molar-refractivity contribution < 1.29 is 14.0 Å². The summed E-state index contributed by atoms with van der Waals surface area (Å²) in [4.78, 5) is 4.36. The maximum absolute atomic E-state index is 5.76. The number of hydrogen-bond donors (Lipinski definition) is 1. The fraction of sp³-hybridized carbons (Fsp3) is 0.846. The van der Waals surface area contributed by atoms with Crippen LogP contribution >= 0.6 is 0 Å². The molecule has 0 amide bonds. The molecule has 1 aromatic heterocycles. The zero-order valence-corrected chi connectivity index (χ0v) is 12.3. The van der Waals surface area contributed by atoms with Crippen LogP contribution in [0.3, 0.4) is 0 Å². The lowest BCUT2D eigenvalue weighted by atomic mass is 9.88. The Labute approximate surface area is 113 Å². The molecule has 1 aliphatic heterocycles. The first-order chi connectivity index (χ1) is 8.84. The number of nitrogens with zero attached hydrogens (tertiary/aromatic N) is 2. The van der Waals surface area contributed by atoms with Crippen LogP contribution in [0.4, 0.5) is 0 Å². The van der Waals surface area contributed by atoms with Crippen LogP contribution in [-0.2, 0) is 16.1 Å². The summed E-state index contributed by atoms with van der Waals surface area (Å²) in [6, 6.07) is 0. The van der Waals surface area contributed by atoms with Gasteiger partial charge in [0.1, 0.15) is 12.7 Å². The van der Waals surface area contributed by atoms with Gasteiger partial charge in [0, 0.05) is 20.2 Å².